The number of nitrogens with one attached hydrogen (secondary N) is 1. The standard InChI is InChI=1S/C21H24N6O/c1-15-5-7-17(8-6-15)25-21(28)18-12-27(14-24-18)20-10-19(22-13-23-20)26-9-3-4-16(2)11-26/h5-8,10,12-14,16H,3-4,9,11H2,1-2H3,(H,25,28). The topological polar surface area (TPSA) is 75.9 Å². The Bertz CT molecular complexity index is 965. The van der Waals surface area contributed by atoms with Crippen LogP contribution in [-0.4, -0.2) is 38.5 Å². The molecule has 3 aromatic rings. The lowest BCUT2D eigenvalue weighted by atomic mass is 10.0. The molecule has 144 valence electrons. The van der Waals surface area contributed by atoms with Gasteiger partial charge in [-0.05, 0) is 37.8 Å². The van der Waals surface area contributed by atoms with Gasteiger partial charge in [-0.3, -0.25) is 9.36 Å². The van der Waals surface area contributed by atoms with Crippen LogP contribution in [0.15, 0.2) is 49.2 Å². The molecule has 1 amide bonds. The molecule has 7 heteroatoms. The number of rotatable bonds is 4. The van der Waals surface area contributed by atoms with Crippen molar-refractivity contribution in [2.24, 2.45) is 5.92 Å². The molecule has 1 N–H and O–H groups in total. The highest BCUT2D eigenvalue weighted by Gasteiger charge is 2.18. The summed E-state index contributed by atoms with van der Waals surface area (Å²) < 4.78 is 1.75. The normalized spacial score (nSPS) is 16.8. The van der Waals surface area contributed by atoms with Crippen molar-refractivity contribution in [3.63, 3.8) is 0 Å². The Balaban J connectivity index is 1.50. The van der Waals surface area contributed by atoms with Crippen LogP contribution < -0.4 is 10.2 Å². The molecule has 28 heavy (non-hydrogen) atoms. The smallest absolute Gasteiger partial charge is 0.275 e. The molecule has 1 fully saturated rings. The molecule has 1 atom stereocenters. The molecule has 1 aromatic carbocycles. The number of amides is 1. The quantitative estimate of drug-likeness (QED) is 0.755. The second-order valence-corrected chi connectivity index (χ2v) is 7.41. The van der Waals surface area contributed by atoms with Gasteiger partial charge in [0.1, 0.15) is 30.0 Å². The second kappa shape index (κ2) is 7.80. The monoisotopic (exact) mass is 376 g/mol. The first-order chi connectivity index (χ1) is 13.6. The lowest BCUT2D eigenvalue weighted by molar-refractivity contribution is 0.102. The fraction of sp³-hybridized carbons (Fsp3) is 0.333. The average Bonchev–Trinajstić information content (AvgIpc) is 3.20. The van der Waals surface area contributed by atoms with Crippen molar-refractivity contribution < 1.29 is 4.79 Å². The van der Waals surface area contributed by atoms with E-state index >= 15 is 0 Å². The molecule has 0 bridgehead atoms. The average molecular weight is 376 g/mol. The van der Waals surface area contributed by atoms with E-state index in [1.807, 2.05) is 37.3 Å². The molecule has 1 saturated heterocycles. The van der Waals surface area contributed by atoms with E-state index in [1.54, 1.807) is 23.4 Å². The summed E-state index contributed by atoms with van der Waals surface area (Å²) in [5.74, 6) is 2.03. The second-order valence-electron chi connectivity index (χ2n) is 7.41. The maximum atomic E-state index is 12.5. The molecule has 0 aliphatic carbocycles. The van der Waals surface area contributed by atoms with Crippen molar-refractivity contribution in [3.05, 3.63) is 60.4 Å². The van der Waals surface area contributed by atoms with E-state index < -0.39 is 0 Å². The minimum Gasteiger partial charge on any atom is -0.356 e. The summed E-state index contributed by atoms with van der Waals surface area (Å²) in [6.07, 6.45) is 7.30. The third-order valence-electron chi connectivity index (χ3n) is 5.01. The SMILES string of the molecule is Cc1ccc(NC(=O)c2cn(-c3cc(N4CCCC(C)C4)ncn3)cn2)cc1. The Labute approximate surface area is 164 Å². The van der Waals surface area contributed by atoms with Crippen LogP contribution in [0.2, 0.25) is 0 Å². The van der Waals surface area contributed by atoms with Crippen molar-refractivity contribution in [2.45, 2.75) is 26.7 Å². The van der Waals surface area contributed by atoms with Gasteiger partial charge in [0.2, 0.25) is 0 Å². The Hall–Kier alpha value is -3.22. The van der Waals surface area contributed by atoms with E-state index in [2.05, 4.69) is 32.1 Å². The van der Waals surface area contributed by atoms with Crippen molar-refractivity contribution in [1.29, 1.82) is 0 Å². The minimum atomic E-state index is -0.248. The van der Waals surface area contributed by atoms with Crippen LogP contribution in [0.4, 0.5) is 11.5 Å². The predicted octanol–water partition coefficient (Wildman–Crippen LogP) is 3.46. The first kappa shape index (κ1) is 18.2. The summed E-state index contributed by atoms with van der Waals surface area (Å²) in [5, 5.41) is 2.86. The van der Waals surface area contributed by atoms with E-state index in [4.69, 9.17) is 0 Å². The molecule has 1 unspecified atom stereocenters. The highest BCUT2D eigenvalue weighted by Crippen LogP contribution is 2.22. The van der Waals surface area contributed by atoms with Gasteiger partial charge in [0.15, 0.2) is 0 Å². The number of benzene rings is 1. The third-order valence-corrected chi connectivity index (χ3v) is 5.01. The molecule has 1 aliphatic rings. The number of carbonyl (C=O) groups excluding carboxylic acids is 1. The number of imidazole rings is 1. The van der Waals surface area contributed by atoms with E-state index in [-0.39, 0.29) is 5.91 Å². The molecule has 4 rings (SSSR count). The number of aryl methyl sites for hydroxylation is 1. The molecular weight excluding hydrogens is 352 g/mol. The van der Waals surface area contributed by atoms with Crippen molar-refractivity contribution in [3.8, 4) is 5.82 Å². The number of aromatic nitrogens is 4. The predicted molar refractivity (Wildman–Crippen MR) is 109 cm³/mol. The van der Waals surface area contributed by atoms with Crippen molar-refractivity contribution in [2.75, 3.05) is 23.3 Å². The van der Waals surface area contributed by atoms with Crippen molar-refractivity contribution in [1.82, 2.24) is 19.5 Å². The lowest BCUT2D eigenvalue weighted by Crippen LogP contribution is -2.34. The zero-order valence-corrected chi connectivity index (χ0v) is 16.2. The van der Waals surface area contributed by atoms with Gasteiger partial charge >= 0.3 is 0 Å². The molecule has 1 aliphatic heterocycles. The van der Waals surface area contributed by atoms with Crippen LogP contribution in [0.5, 0.6) is 0 Å². The van der Waals surface area contributed by atoms with Crippen molar-refractivity contribution >= 4 is 17.4 Å². The largest absolute Gasteiger partial charge is 0.356 e. The van der Waals surface area contributed by atoms with E-state index in [9.17, 15) is 4.79 Å². The minimum absolute atomic E-state index is 0.248. The highest BCUT2D eigenvalue weighted by molar-refractivity contribution is 6.02. The summed E-state index contributed by atoms with van der Waals surface area (Å²) in [4.78, 5) is 27.8. The zero-order valence-electron chi connectivity index (χ0n) is 16.2. The van der Waals surface area contributed by atoms with E-state index in [1.165, 1.54) is 12.8 Å². The summed E-state index contributed by atoms with van der Waals surface area (Å²) >= 11 is 0. The fourth-order valence-electron chi connectivity index (χ4n) is 3.45. The molecule has 0 spiro atoms. The van der Waals surface area contributed by atoms with Crippen LogP contribution >= 0.6 is 0 Å². The van der Waals surface area contributed by atoms with Gasteiger partial charge in [0, 0.05) is 31.0 Å². The maximum Gasteiger partial charge on any atom is 0.275 e. The fourth-order valence-corrected chi connectivity index (χ4v) is 3.45. The van der Waals surface area contributed by atoms with Crippen LogP contribution in [0.1, 0.15) is 35.8 Å². The van der Waals surface area contributed by atoms with Gasteiger partial charge in [0.05, 0.1) is 0 Å². The molecule has 0 radical (unpaired) electrons. The van der Waals surface area contributed by atoms with Crippen LogP contribution in [0, 0.1) is 12.8 Å². The first-order valence-electron chi connectivity index (χ1n) is 9.58. The molecule has 0 saturated carbocycles. The summed E-state index contributed by atoms with van der Waals surface area (Å²) in [6.45, 7) is 6.29. The maximum absolute atomic E-state index is 12.5. The number of hydrogen-bond donors (Lipinski definition) is 1. The number of anilines is 2. The molecule has 7 nitrogen and oxygen atoms in total. The first-order valence-corrected chi connectivity index (χ1v) is 9.58. The molecule has 2 aromatic heterocycles. The van der Waals surface area contributed by atoms with Gasteiger partial charge in [-0.2, -0.15) is 0 Å². The van der Waals surface area contributed by atoms with Crippen LogP contribution in [0.3, 0.4) is 0 Å². The van der Waals surface area contributed by atoms with Gasteiger partial charge in [-0.1, -0.05) is 24.6 Å². The van der Waals surface area contributed by atoms with Gasteiger partial charge in [0.25, 0.3) is 5.91 Å². The number of carbonyl (C=O) groups is 1. The third kappa shape index (κ3) is 4.03. The van der Waals surface area contributed by atoms with Crippen LogP contribution in [-0.2, 0) is 0 Å². The van der Waals surface area contributed by atoms with E-state index in [0.29, 0.717) is 17.4 Å². The Morgan fingerprint density at radius 2 is 1.93 bits per heavy atom. The van der Waals surface area contributed by atoms with Gasteiger partial charge in [-0.15, -0.1) is 0 Å². The molecular formula is C21H24N6O. The Kier molecular flexibility index (Phi) is 5.06. The number of piperidine rings is 1. The number of hydrogen-bond acceptors (Lipinski definition) is 5. The summed E-state index contributed by atoms with van der Waals surface area (Å²) in [7, 11) is 0. The Morgan fingerprint density at radius 1 is 1.14 bits per heavy atom. The summed E-state index contributed by atoms with van der Waals surface area (Å²) in [6, 6.07) is 9.61. The molecule has 3 heterocycles. The van der Waals surface area contributed by atoms with Gasteiger partial charge in [-0.25, -0.2) is 15.0 Å². The highest BCUT2D eigenvalue weighted by atomic mass is 16.1. The Morgan fingerprint density at radius 3 is 2.71 bits per heavy atom. The zero-order chi connectivity index (χ0) is 19.5. The van der Waals surface area contributed by atoms with Gasteiger partial charge < -0.3 is 10.2 Å². The van der Waals surface area contributed by atoms with E-state index in [0.717, 1.165) is 30.2 Å². The lowest BCUT2D eigenvalue weighted by Gasteiger charge is -2.31. The summed E-state index contributed by atoms with van der Waals surface area (Å²) in [5.41, 5.74) is 2.23. The number of nitrogens with zero attached hydrogens (tertiary/aromatic N) is 5. The van der Waals surface area contributed by atoms with Crippen LogP contribution in [0.25, 0.3) is 5.82 Å².